The number of amides is 2. The molecule has 3 rings (SSSR count). The molecule has 0 aliphatic rings. The molecule has 0 aliphatic heterocycles. The highest BCUT2D eigenvalue weighted by molar-refractivity contribution is 7.92. The number of carbonyl (C=O) groups excluding carboxylic acids is 2. The summed E-state index contributed by atoms with van der Waals surface area (Å²) < 4.78 is 74.4. The maximum absolute atomic E-state index is 14.0. The van der Waals surface area contributed by atoms with Gasteiger partial charge >= 0.3 is 6.18 Å². The summed E-state index contributed by atoms with van der Waals surface area (Å²) in [6.45, 7) is 4.13. The van der Waals surface area contributed by atoms with Gasteiger partial charge in [-0.25, -0.2) is 8.42 Å². The number of methoxy groups -OCH3 is 1. The SMILES string of the molecule is CC[C@@H](C)NC(=O)[C@H](C)N(Cc1ccc(OC)cc1)C(=O)CN(c1cc(C(F)(F)F)ccc1Cl)S(=O)(=O)c1ccccc1. The molecule has 0 saturated heterocycles. The molecule has 0 heterocycles. The minimum absolute atomic E-state index is 0.104. The van der Waals surface area contributed by atoms with E-state index in [2.05, 4.69) is 5.32 Å². The van der Waals surface area contributed by atoms with E-state index < -0.39 is 51.9 Å². The van der Waals surface area contributed by atoms with Gasteiger partial charge in [0.2, 0.25) is 11.8 Å². The van der Waals surface area contributed by atoms with Gasteiger partial charge in [-0.05, 0) is 68.3 Å². The Hall–Kier alpha value is -3.77. The Morgan fingerprint density at radius 2 is 1.63 bits per heavy atom. The van der Waals surface area contributed by atoms with Gasteiger partial charge in [-0.1, -0.05) is 48.9 Å². The smallest absolute Gasteiger partial charge is 0.416 e. The molecule has 1 N–H and O–H groups in total. The van der Waals surface area contributed by atoms with Gasteiger partial charge in [-0.2, -0.15) is 13.2 Å². The predicted octanol–water partition coefficient (Wildman–Crippen LogP) is 5.89. The van der Waals surface area contributed by atoms with Crippen LogP contribution in [0.3, 0.4) is 0 Å². The number of hydrogen-bond acceptors (Lipinski definition) is 5. The molecule has 0 bridgehead atoms. The van der Waals surface area contributed by atoms with E-state index in [4.69, 9.17) is 16.3 Å². The van der Waals surface area contributed by atoms with Gasteiger partial charge in [0.1, 0.15) is 18.3 Å². The topological polar surface area (TPSA) is 96.0 Å². The van der Waals surface area contributed by atoms with Gasteiger partial charge < -0.3 is 15.0 Å². The van der Waals surface area contributed by atoms with Crippen molar-refractivity contribution in [1.29, 1.82) is 0 Å². The predicted molar refractivity (Wildman–Crippen MR) is 158 cm³/mol. The number of carbonyl (C=O) groups is 2. The summed E-state index contributed by atoms with van der Waals surface area (Å²) in [4.78, 5) is 28.0. The summed E-state index contributed by atoms with van der Waals surface area (Å²) >= 11 is 6.27. The quantitative estimate of drug-likeness (QED) is 0.267. The first-order valence-corrected chi connectivity index (χ1v) is 15.2. The molecule has 0 fully saturated rings. The number of halogens is 4. The first-order valence-electron chi connectivity index (χ1n) is 13.4. The van der Waals surface area contributed by atoms with Crippen molar-refractivity contribution in [3.8, 4) is 5.75 Å². The van der Waals surface area contributed by atoms with E-state index in [1.54, 1.807) is 37.3 Å². The van der Waals surface area contributed by atoms with Crippen molar-refractivity contribution in [2.24, 2.45) is 0 Å². The molecule has 8 nitrogen and oxygen atoms in total. The largest absolute Gasteiger partial charge is 0.497 e. The second-order valence-corrected chi connectivity index (χ2v) is 12.1. The lowest BCUT2D eigenvalue weighted by atomic mass is 10.1. The van der Waals surface area contributed by atoms with Crippen LogP contribution in [0.25, 0.3) is 0 Å². The summed E-state index contributed by atoms with van der Waals surface area (Å²) in [6.07, 6.45) is -4.18. The van der Waals surface area contributed by atoms with Crippen LogP contribution in [-0.4, -0.2) is 50.9 Å². The van der Waals surface area contributed by atoms with Crippen LogP contribution in [0.5, 0.6) is 5.75 Å². The van der Waals surface area contributed by atoms with Crippen LogP contribution in [0, 0.1) is 0 Å². The Balaban J connectivity index is 2.11. The molecule has 3 aromatic carbocycles. The van der Waals surface area contributed by atoms with E-state index >= 15 is 0 Å². The fraction of sp³-hybridized carbons (Fsp3) is 0.333. The fourth-order valence-corrected chi connectivity index (χ4v) is 5.80. The third-order valence-electron chi connectivity index (χ3n) is 6.83. The second kappa shape index (κ2) is 14.1. The lowest BCUT2D eigenvalue weighted by molar-refractivity contribution is -0.139. The Bertz CT molecular complexity index is 1520. The molecule has 2 atom stereocenters. The number of rotatable bonds is 12. The van der Waals surface area contributed by atoms with Crippen LogP contribution < -0.4 is 14.4 Å². The molecular weight excluding hydrogens is 607 g/mol. The van der Waals surface area contributed by atoms with E-state index in [9.17, 15) is 31.2 Å². The van der Waals surface area contributed by atoms with E-state index in [0.717, 1.165) is 12.1 Å². The number of nitrogens with one attached hydrogen (secondary N) is 1. The number of hydrogen-bond donors (Lipinski definition) is 1. The van der Waals surface area contributed by atoms with Crippen molar-refractivity contribution in [2.75, 3.05) is 18.0 Å². The first kappa shape index (κ1) is 33.7. The zero-order valence-electron chi connectivity index (χ0n) is 24.1. The molecule has 0 unspecified atom stereocenters. The molecule has 0 aromatic heterocycles. The Morgan fingerprint density at radius 1 is 1.00 bits per heavy atom. The average Bonchev–Trinajstić information content (AvgIpc) is 2.98. The van der Waals surface area contributed by atoms with Crippen LogP contribution in [0.2, 0.25) is 5.02 Å². The van der Waals surface area contributed by atoms with Gasteiger partial charge in [-0.15, -0.1) is 0 Å². The molecule has 13 heteroatoms. The van der Waals surface area contributed by atoms with Crippen molar-refractivity contribution in [2.45, 2.75) is 56.9 Å². The number of ether oxygens (including phenoxy) is 1. The Labute approximate surface area is 254 Å². The number of alkyl halides is 3. The monoisotopic (exact) mass is 639 g/mol. The minimum Gasteiger partial charge on any atom is -0.497 e. The van der Waals surface area contributed by atoms with Crippen molar-refractivity contribution in [3.63, 3.8) is 0 Å². The third-order valence-corrected chi connectivity index (χ3v) is 8.93. The van der Waals surface area contributed by atoms with Crippen molar-refractivity contribution in [3.05, 3.63) is 88.9 Å². The maximum Gasteiger partial charge on any atom is 0.416 e. The summed E-state index contributed by atoms with van der Waals surface area (Å²) in [6, 6.07) is 14.6. The van der Waals surface area contributed by atoms with Crippen LogP contribution >= 0.6 is 11.6 Å². The third kappa shape index (κ3) is 8.41. The number of benzene rings is 3. The zero-order valence-corrected chi connectivity index (χ0v) is 25.6. The Kier molecular flexibility index (Phi) is 11.1. The van der Waals surface area contributed by atoms with Gasteiger partial charge in [0.05, 0.1) is 28.3 Å². The van der Waals surface area contributed by atoms with E-state index in [-0.39, 0.29) is 22.5 Å². The number of anilines is 1. The summed E-state index contributed by atoms with van der Waals surface area (Å²) in [5.74, 6) is -0.759. The van der Waals surface area contributed by atoms with Crippen molar-refractivity contribution >= 4 is 39.1 Å². The lowest BCUT2D eigenvalue weighted by Crippen LogP contribution is -2.52. The molecule has 0 aliphatic carbocycles. The number of nitrogens with zero attached hydrogens (tertiary/aromatic N) is 2. The highest BCUT2D eigenvalue weighted by atomic mass is 35.5. The molecule has 232 valence electrons. The van der Waals surface area contributed by atoms with Crippen LogP contribution in [0.15, 0.2) is 77.7 Å². The molecule has 0 saturated carbocycles. The summed E-state index contributed by atoms with van der Waals surface area (Å²) in [7, 11) is -3.11. The van der Waals surface area contributed by atoms with Crippen molar-refractivity contribution < 1.29 is 35.9 Å². The van der Waals surface area contributed by atoms with Gasteiger partial charge in [0.25, 0.3) is 10.0 Å². The molecule has 0 radical (unpaired) electrons. The van der Waals surface area contributed by atoms with Crippen LogP contribution in [-0.2, 0) is 32.3 Å². The minimum atomic E-state index is -4.81. The van der Waals surface area contributed by atoms with Gasteiger partial charge in [-0.3, -0.25) is 13.9 Å². The lowest BCUT2D eigenvalue weighted by Gasteiger charge is -2.33. The van der Waals surface area contributed by atoms with Crippen LogP contribution in [0.4, 0.5) is 18.9 Å². The van der Waals surface area contributed by atoms with E-state index in [0.29, 0.717) is 28.1 Å². The van der Waals surface area contributed by atoms with Gasteiger partial charge in [0.15, 0.2) is 0 Å². The average molecular weight is 640 g/mol. The Morgan fingerprint density at radius 3 is 2.19 bits per heavy atom. The molecular formula is C30H33ClF3N3O5S. The zero-order chi connectivity index (χ0) is 31.9. The van der Waals surface area contributed by atoms with Gasteiger partial charge in [0, 0.05) is 12.6 Å². The summed E-state index contributed by atoms with van der Waals surface area (Å²) in [5, 5.41) is 2.50. The van der Waals surface area contributed by atoms with E-state index in [1.165, 1.54) is 43.2 Å². The van der Waals surface area contributed by atoms with Crippen molar-refractivity contribution in [1.82, 2.24) is 10.2 Å². The number of sulfonamides is 1. The fourth-order valence-electron chi connectivity index (χ4n) is 4.09. The molecule has 0 spiro atoms. The molecule has 3 aromatic rings. The first-order chi connectivity index (χ1) is 20.2. The second-order valence-electron chi connectivity index (χ2n) is 9.85. The normalized spacial score (nSPS) is 13.1. The highest BCUT2D eigenvalue weighted by Crippen LogP contribution is 2.37. The van der Waals surface area contributed by atoms with E-state index in [1.807, 2.05) is 6.92 Å². The van der Waals surface area contributed by atoms with Crippen LogP contribution in [0.1, 0.15) is 38.3 Å². The highest BCUT2D eigenvalue weighted by Gasteiger charge is 2.36. The molecule has 2 amide bonds. The molecule has 43 heavy (non-hydrogen) atoms. The summed E-state index contributed by atoms with van der Waals surface area (Å²) in [5.41, 5.74) is -1.08. The maximum atomic E-state index is 14.0. The standard InChI is InChI=1S/C30H33ClF3N3O5S/c1-5-20(2)35-29(39)21(3)36(18-22-11-14-24(42-4)15-12-22)28(38)19-37(43(40,41)25-9-7-6-8-10-25)27-17-23(30(32,33)34)13-16-26(27)31/h6-17,20-21H,5,18-19H2,1-4H3,(H,35,39)/t20-,21+/m1/s1.